The summed E-state index contributed by atoms with van der Waals surface area (Å²) in [7, 11) is 2.12. The number of hydrogen-bond acceptors (Lipinski definition) is 2. The van der Waals surface area contributed by atoms with E-state index >= 15 is 0 Å². The fourth-order valence-corrected chi connectivity index (χ4v) is 2.02. The van der Waals surface area contributed by atoms with Crippen molar-refractivity contribution in [2.45, 2.75) is 26.8 Å². The largest absolute Gasteiger partial charge is 0.374 e. The number of nitrogens with one attached hydrogen (secondary N) is 1. The molecule has 0 aliphatic rings. The van der Waals surface area contributed by atoms with Gasteiger partial charge in [0.05, 0.1) is 0 Å². The van der Waals surface area contributed by atoms with Gasteiger partial charge in [0.25, 0.3) is 0 Å². The van der Waals surface area contributed by atoms with E-state index in [2.05, 4.69) is 37.2 Å². The summed E-state index contributed by atoms with van der Waals surface area (Å²) in [6, 6.07) is 6.10. The van der Waals surface area contributed by atoms with Crippen molar-refractivity contribution in [3.8, 4) is 0 Å². The van der Waals surface area contributed by atoms with Crippen LogP contribution >= 0.6 is 11.6 Å². The smallest absolute Gasteiger partial charge is 0.0471 e. The van der Waals surface area contributed by atoms with Crippen molar-refractivity contribution in [3.63, 3.8) is 0 Å². The summed E-state index contributed by atoms with van der Waals surface area (Å²) in [5.41, 5.74) is 2.43. The molecule has 0 heterocycles. The number of nitrogens with zero attached hydrogens (tertiary/aromatic N) is 1. The molecule has 0 saturated carbocycles. The van der Waals surface area contributed by atoms with Crippen molar-refractivity contribution in [1.82, 2.24) is 5.32 Å². The quantitative estimate of drug-likeness (QED) is 0.821. The van der Waals surface area contributed by atoms with E-state index in [0.29, 0.717) is 0 Å². The van der Waals surface area contributed by atoms with E-state index in [9.17, 15) is 0 Å². The second-order valence-electron chi connectivity index (χ2n) is 3.94. The minimum absolute atomic E-state index is 0.833. The average molecular weight is 241 g/mol. The molecular weight excluding hydrogens is 220 g/mol. The Morgan fingerprint density at radius 3 is 2.69 bits per heavy atom. The molecule has 0 unspecified atom stereocenters. The van der Waals surface area contributed by atoms with Crippen LogP contribution in [-0.4, -0.2) is 20.1 Å². The number of anilines is 1. The van der Waals surface area contributed by atoms with Gasteiger partial charge in [-0.3, -0.25) is 0 Å². The molecule has 16 heavy (non-hydrogen) atoms. The monoisotopic (exact) mass is 240 g/mol. The van der Waals surface area contributed by atoms with Gasteiger partial charge in [0, 0.05) is 36.4 Å². The van der Waals surface area contributed by atoms with Gasteiger partial charge in [-0.15, -0.1) is 0 Å². The van der Waals surface area contributed by atoms with Crippen LogP contribution < -0.4 is 10.2 Å². The third-order valence-electron chi connectivity index (χ3n) is 2.62. The third-order valence-corrected chi connectivity index (χ3v) is 2.97. The standard InChI is InChI=1S/C13H21ClN2/c1-4-9-16(3)13-8-6-7-12(14)11(13)10-15-5-2/h6-8,15H,4-5,9-10H2,1-3H3. The molecule has 0 radical (unpaired) electrons. The number of hydrogen-bond donors (Lipinski definition) is 1. The first-order chi connectivity index (χ1) is 7.70. The van der Waals surface area contributed by atoms with Gasteiger partial charge in [0.1, 0.15) is 0 Å². The van der Waals surface area contributed by atoms with Gasteiger partial charge in [-0.1, -0.05) is 31.5 Å². The molecule has 3 heteroatoms. The van der Waals surface area contributed by atoms with Gasteiger partial charge in [-0.2, -0.15) is 0 Å². The molecule has 0 aliphatic heterocycles. The van der Waals surface area contributed by atoms with Gasteiger partial charge in [0.15, 0.2) is 0 Å². The lowest BCUT2D eigenvalue weighted by atomic mass is 10.1. The average Bonchev–Trinajstić information content (AvgIpc) is 2.27. The molecule has 2 nitrogen and oxygen atoms in total. The van der Waals surface area contributed by atoms with Crippen LogP contribution in [0.3, 0.4) is 0 Å². The van der Waals surface area contributed by atoms with Crippen LogP contribution in [0.5, 0.6) is 0 Å². The zero-order valence-corrected chi connectivity index (χ0v) is 11.1. The maximum Gasteiger partial charge on any atom is 0.0471 e. The van der Waals surface area contributed by atoms with Gasteiger partial charge >= 0.3 is 0 Å². The lowest BCUT2D eigenvalue weighted by Crippen LogP contribution is -2.21. The summed E-state index contributed by atoms with van der Waals surface area (Å²) in [6.07, 6.45) is 1.14. The van der Waals surface area contributed by atoms with Crippen molar-refractivity contribution in [2.75, 3.05) is 25.0 Å². The van der Waals surface area contributed by atoms with Crippen molar-refractivity contribution < 1.29 is 0 Å². The molecular formula is C13H21ClN2. The van der Waals surface area contributed by atoms with Gasteiger partial charge in [-0.05, 0) is 25.1 Å². The van der Waals surface area contributed by atoms with E-state index < -0.39 is 0 Å². The van der Waals surface area contributed by atoms with Crippen LogP contribution in [0.4, 0.5) is 5.69 Å². The fraction of sp³-hybridized carbons (Fsp3) is 0.538. The van der Waals surface area contributed by atoms with Crippen LogP contribution in [-0.2, 0) is 6.54 Å². The predicted octanol–water partition coefficient (Wildman–Crippen LogP) is 3.30. The van der Waals surface area contributed by atoms with Crippen LogP contribution in [0.25, 0.3) is 0 Å². The fourth-order valence-electron chi connectivity index (χ4n) is 1.79. The van der Waals surface area contributed by atoms with E-state index in [4.69, 9.17) is 11.6 Å². The molecule has 0 aromatic heterocycles. The van der Waals surface area contributed by atoms with E-state index in [0.717, 1.165) is 31.1 Å². The molecule has 1 aromatic rings. The van der Waals surface area contributed by atoms with Crippen LogP contribution in [0, 0.1) is 0 Å². The Hall–Kier alpha value is -0.730. The second kappa shape index (κ2) is 6.77. The molecule has 0 fully saturated rings. The normalized spacial score (nSPS) is 10.5. The molecule has 0 spiro atoms. The van der Waals surface area contributed by atoms with Crippen molar-refractivity contribution in [2.24, 2.45) is 0 Å². The van der Waals surface area contributed by atoms with Gasteiger partial charge in [0.2, 0.25) is 0 Å². The Morgan fingerprint density at radius 1 is 1.31 bits per heavy atom. The summed E-state index contributed by atoms with van der Waals surface area (Å²) in [4.78, 5) is 2.26. The predicted molar refractivity (Wildman–Crippen MR) is 72.4 cm³/mol. The third kappa shape index (κ3) is 3.39. The molecule has 0 aliphatic carbocycles. The Labute approximate surface area is 104 Å². The molecule has 1 N–H and O–H groups in total. The maximum atomic E-state index is 6.24. The lowest BCUT2D eigenvalue weighted by Gasteiger charge is -2.22. The molecule has 1 aromatic carbocycles. The molecule has 0 atom stereocenters. The first kappa shape index (κ1) is 13.3. The minimum atomic E-state index is 0.833. The van der Waals surface area contributed by atoms with Crippen molar-refractivity contribution >= 4 is 17.3 Å². The highest BCUT2D eigenvalue weighted by Crippen LogP contribution is 2.26. The van der Waals surface area contributed by atoms with Gasteiger partial charge in [-0.25, -0.2) is 0 Å². The van der Waals surface area contributed by atoms with Gasteiger partial charge < -0.3 is 10.2 Å². The highest BCUT2D eigenvalue weighted by Gasteiger charge is 2.09. The van der Waals surface area contributed by atoms with Crippen molar-refractivity contribution in [1.29, 1.82) is 0 Å². The summed E-state index contributed by atoms with van der Waals surface area (Å²) < 4.78 is 0. The SMILES string of the molecule is CCCN(C)c1cccc(Cl)c1CNCC. The van der Waals surface area contributed by atoms with Crippen molar-refractivity contribution in [3.05, 3.63) is 28.8 Å². The lowest BCUT2D eigenvalue weighted by molar-refractivity contribution is 0.722. The second-order valence-corrected chi connectivity index (χ2v) is 4.35. The molecule has 0 saturated heterocycles. The number of halogens is 1. The molecule has 90 valence electrons. The zero-order chi connectivity index (χ0) is 12.0. The number of benzene rings is 1. The molecule has 0 amide bonds. The first-order valence-corrected chi connectivity index (χ1v) is 6.27. The Balaban J connectivity index is 2.92. The van der Waals surface area contributed by atoms with Crippen LogP contribution in [0.2, 0.25) is 5.02 Å². The van der Waals surface area contributed by atoms with E-state index in [1.54, 1.807) is 0 Å². The summed E-state index contributed by atoms with van der Waals surface area (Å²) in [5, 5.41) is 4.18. The van der Waals surface area contributed by atoms with E-state index in [1.165, 1.54) is 11.3 Å². The Bertz CT molecular complexity index is 326. The van der Waals surface area contributed by atoms with E-state index in [-0.39, 0.29) is 0 Å². The Kier molecular flexibility index (Phi) is 5.64. The number of rotatable bonds is 6. The van der Waals surface area contributed by atoms with E-state index in [1.807, 2.05) is 12.1 Å². The summed E-state index contributed by atoms with van der Waals surface area (Å²) in [5.74, 6) is 0. The summed E-state index contributed by atoms with van der Waals surface area (Å²) in [6.45, 7) is 7.14. The van der Waals surface area contributed by atoms with Crippen LogP contribution in [0.15, 0.2) is 18.2 Å². The molecule has 1 rings (SSSR count). The summed E-state index contributed by atoms with van der Waals surface area (Å²) >= 11 is 6.24. The topological polar surface area (TPSA) is 15.3 Å². The zero-order valence-electron chi connectivity index (χ0n) is 10.4. The molecule has 0 bridgehead atoms. The maximum absolute atomic E-state index is 6.24. The van der Waals surface area contributed by atoms with Crippen LogP contribution in [0.1, 0.15) is 25.8 Å². The first-order valence-electron chi connectivity index (χ1n) is 5.89. The highest BCUT2D eigenvalue weighted by molar-refractivity contribution is 6.31. The minimum Gasteiger partial charge on any atom is -0.374 e. The highest BCUT2D eigenvalue weighted by atomic mass is 35.5. The Morgan fingerprint density at radius 2 is 2.06 bits per heavy atom.